The zero-order valence-corrected chi connectivity index (χ0v) is 32.3. The third-order valence-electron chi connectivity index (χ3n) is 12.1. The van der Waals surface area contributed by atoms with Gasteiger partial charge in [0.15, 0.2) is 17.5 Å². The maximum absolute atomic E-state index is 7.46. The molecule has 10 aromatic rings. The molecule has 0 N–H and O–H groups in total. The van der Waals surface area contributed by atoms with Crippen LogP contribution in [0, 0.1) is 0 Å². The average Bonchev–Trinajstić information content (AvgIpc) is 3.62. The number of para-hydroxylation sites is 2. The van der Waals surface area contributed by atoms with E-state index >= 15 is 0 Å². The fraction of sp³-hybridized carbons (Fsp3) is 0.0182. The Morgan fingerprint density at radius 2 is 0.833 bits per heavy atom. The summed E-state index contributed by atoms with van der Waals surface area (Å²) >= 11 is 0. The first-order valence-corrected chi connectivity index (χ1v) is 20.2. The summed E-state index contributed by atoms with van der Waals surface area (Å²) in [6.45, 7) is 0. The Balaban J connectivity index is 1.14. The van der Waals surface area contributed by atoms with Crippen LogP contribution in [0.25, 0.3) is 78.4 Å². The molecule has 8 aromatic carbocycles. The SMILES string of the molecule is c1ccc(-c2nc(-c3ccccc3)nc(-c3cccc4c3Oc3c(-c5cccc(-c6nccc7ccccc67)c5)cccc3C43c4ccccc4-c4ccccc43)n2)cc1. The minimum absolute atomic E-state index is 0.541. The summed E-state index contributed by atoms with van der Waals surface area (Å²) in [7, 11) is 0. The maximum atomic E-state index is 7.46. The Morgan fingerprint density at radius 1 is 0.350 bits per heavy atom. The van der Waals surface area contributed by atoms with Crippen molar-refractivity contribution in [2.45, 2.75) is 5.41 Å². The van der Waals surface area contributed by atoms with E-state index in [1.54, 1.807) is 0 Å². The number of ether oxygens (including phenoxy) is 1. The van der Waals surface area contributed by atoms with E-state index in [0.29, 0.717) is 17.5 Å². The summed E-state index contributed by atoms with van der Waals surface area (Å²) in [6.07, 6.45) is 1.89. The van der Waals surface area contributed by atoms with Crippen molar-refractivity contribution in [3.63, 3.8) is 0 Å². The molecule has 0 amide bonds. The lowest BCUT2D eigenvalue weighted by Gasteiger charge is -2.40. The highest BCUT2D eigenvalue weighted by atomic mass is 16.5. The van der Waals surface area contributed by atoms with Gasteiger partial charge in [0.25, 0.3) is 0 Å². The predicted octanol–water partition coefficient (Wildman–Crippen LogP) is 13.2. The number of hydrogen-bond donors (Lipinski definition) is 0. The van der Waals surface area contributed by atoms with Gasteiger partial charge in [-0.1, -0.05) is 182 Å². The van der Waals surface area contributed by atoms with Crippen molar-refractivity contribution < 1.29 is 4.74 Å². The molecule has 5 heteroatoms. The van der Waals surface area contributed by atoms with Gasteiger partial charge in [-0.25, -0.2) is 15.0 Å². The van der Waals surface area contributed by atoms with Crippen molar-refractivity contribution in [2.75, 3.05) is 0 Å². The van der Waals surface area contributed by atoms with Gasteiger partial charge in [-0.2, -0.15) is 0 Å². The largest absolute Gasteiger partial charge is 0.455 e. The molecular weight excluding hydrogens is 733 g/mol. The van der Waals surface area contributed by atoms with E-state index in [2.05, 4.69) is 140 Å². The molecule has 0 saturated carbocycles. The van der Waals surface area contributed by atoms with E-state index < -0.39 is 5.41 Å². The molecule has 0 radical (unpaired) electrons. The Hall–Kier alpha value is -8.02. The van der Waals surface area contributed by atoms with Gasteiger partial charge >= 0.3 is 0 Å². The minimum atomic E-state index is -0.700. The smallest absolute Gasteiger partial charge is 0.167 e. The van der Waals surface area contributed by atoms with Crippen LogP contribution in [0.15, 0.2) is 206 Å². The topological polar surface area (TPSA) is 60.8 Å². The molecule has 12 rings (SSSR count). The first-order chi connectivity index (χ1) is 29.8. The summed E-state index contributed by atoms with van der Waals surface area (Å²) < 4.78 is 7.46. The van der Waals surface area contributed by atoms with Gasteiger partial charge in [0, 0.05) is 45.0 Å². The number of pyridine rings is 1. The summed E-state index contributed by atoms with van der Waals surface area (Å²) in [4.78, 5) is 20.3. The van der Waals surface area contributed by atoms with E-state index in [4.69, 9.17) is 24.7 Å². The maximum Gasteiger partial charge on any atom is 0.167 e. The molecule has 0 bridgehead atoms. The molecule has 2 aromatic heterocycles. The molecule has 1 aliphatic carbocycles. The molecule has 0 fully saturated rings. The van der Waals surface area contributed by atoms with Gasteiger partial charge < -0.3 is 4.74 Å². The van der Waals surface area contributed by atoms with Crippen LogP contribution in [0.3, 0.4) is 0 Å². The van der Waals surface area contributed by atoms with Crippen LogP contribution >= 0.6 is 0 Å². The van der Waals surface area contributed by atoms with Crippen LogP contribution < -0.4 is 4.74 Å². The number of hydrogen-bond acceptors (Lipinski definition) is 5. The second-order valence-corrected chi connectivity index (χ2v) is 15.3. The molecule has 1 spiro atoms. The van der Waals surface area contributed by atoms with Crippen molar-refractivity contribution in [2.24, 2.45) is 0 Å². The van der Waals surface area contributed by atoms with Crippen LogP contribution in [0.2, 0.25) is 0 Å². The van der Waals surface area contributed by atoms with E-state index in [1.165, 1.54) is 22.3 Å². The van der Waals surface area contributed by atoms with Crippen LogP contribution in [0.4, 0.5) is 0 Å². The molecule has 3 heterocycles. The summed E-state index contributed by atoms with van der Waals surface area (Å²) in [6, 6.07) is 70.0. The third kappa shape index (κ3) is 5.12. The zero-order chi connectivity index (χ0) is 39.6. The van der Waals surface area contributed by atoms with Crippen molar-refractivity contribution in [1.29, 1.82) is 0 Å². The van der Waals surface area contributed by atoms with Gasteiger partial charge in [0.05, 0.1) is 16.7 Å². The fourth-order valence-electron chi connectivity index (χ4n) is 9.46. The second-order valence-electron chi connectivity index (χ2n) is 15.3. The number of aromatic nitrogens is 4. The number of benzene rings is 8. The molecule has 5 nitrogen and oxygen atoms in total. The Labute approximate surface area is 347 Å². The second kappa shape index (κ2) is 13.5. The predicted molar refractivity (Wildman–Crippen MR) is 240 cm³/mol. The highest BCUT2D eigenvalue weighted by Crippen LogP contribution is 2.64. The zero-order valence-electron chi connectivity index (χ0n) is 32.3. The molecule has 0 unspecified atom stereocenters. The van der Waals surface area contributed by atoms with Crippen LogP contribution in [-0.2, 0) is 5.41 Å². The van der Waals surface area contributed by atoms with E-state index in [0.717, 1.165) is 72.5 Å². The Bertz CT molecular complexity index is 3200. The van der Waals surface area contributed by atoms with Crippen molar-refractivity contribution in [1.82, 2.24) is 19.9 Å². The normalized spacial score (nSPS) is 12.9. The molecule has 1 aliphatic heterocycles. The summed E-state index contributed by atoms with van der Waals surface area (Å²) in [5.41, 5.74) is 12.9. The lowest BCUT2D eigenvalue weighted by molar-refractivity contribution is 0.439. The van der Waals surface area contributed by atoms with Gasteiger partial charge in [-0.3, -0.25) is 4.98 Å². The van der Waals surface area contributed by atoms with Crippen molar-refractivity contribution in [3.05, 3.63) is 229 Å². The highest BCUT2D eigenvalue weighted by Gasteiger charge is 2.52. The Kier molecular flexibility index (Phi) is 7.69. The Morgan fingerprint density at radius 3 is 1.52 bits per heavy atom. The van der Waals surface area contributed by atoms with Crippen LogP contribution in [0.5, 0.6) is 11.5 Å². The van der Waals surface area contributed by atoms with E-state index in [-0.39, 0.29) is 0 Å². The van der Waals surface area contributed by atoms with Crippen molar-refractivity contribution in [3.8, 4) is 79.2 Å². The summed E-state index contributed by atoms with van der Waals surface area (Å²) in [5, 5.41) is 2.27. The number of fused-ring (bicyclic) bond motifs is 10. The van der Waals surface area contributed by atoms with E-state index in [1.807, 2.05) is 66.9 Å². The fourth-order valence-corrected chi connectivity index (χ4v) is 9.46. The lowest BCUT2D eigenvalue weighted by Crippen LogP contribution is -2.32. The molecule has 2 aliphatic rings. The number of nitrogens with zero attached hydrogens (tertiary/aromatic N) is 4. The quantitative estimate of drug-likeness (QED) is 0.175. The molecule has 280 valence electrons. The first-order valence-electron chi connectivity index (χ1n) is 20.2. The van der Waals surface area contributed by atoms with Gasteiger partial charge in [-0.05, 0) is 51.4 Å². The standard InChI is InChI=1S/C55H34N4O/c1-3-17-36(18-4-1)52-57-53(37-19-5-2-6-20-37)59-54(58-52)44-27-15-31-48-51(44)60-50-41(38-21-13-22-39(34-38)49-40-23-8-7-16-35(40)32-33-56-49)26-14-30-47(50)55(48)45-28-11-9-24-42(45)43-25-10-12-29-46(43)55/h1-34H. The molecular formula is C55H34N4O. The van der Waals surface area contributed by atoms with E-state index in [9.17, 15) is 0 Å². The van der Waals surface area contributed by atoms with Crippen LogP contribution in [-0.4, -0.2) is 19.9 Å². The van der Waals surface area contributed by atoms with Gasteiger partial charge in [-0.15, -0.1) is 0 Å². The average molecular weight is 767 g/mol. The first kappa shape index (κ1) is 34.1. The minimum Gasteiger partial charge on any atom is -0.455 e. The van der Waals surface area contributed by atoms with Crippen molar-refractivity contribution >= 4 is 10.8 Å². The number of rotatable bonds is 5. The molecule has 60 heavy (non-hydrogen) atoms. The summed E-state index contributed by atoms with van der Waals surface area (Å²) in [5.74, 6) is 3.25. The molecule has 0 atom stereocenters. The highest BCUT2D eigenvalue weighted by molar-refractivity contribution is 5.96. The van der Waals surface area contributed by atoms with Gasteiger partial charge in [0.1, 0.15) is 11.5 Å². The molecule has 0 saturated heterocycles. The third-order valence-corrected chi connectivity index (χ3v) is 12.1. The monoisotopic (exact) mass is 766 g/mol. The van der Waals surface area contributed by atoms with Gasteiger partial charge in [0.2, 0.25) is 0 Å². The lowest BCUT2D eigenvalue weighted by atomic mass is 9.65. The van der Waals surface area contributed by atoms with Crippen LogP contribution in [0.1, 0.15) is 22.3 Å².